The third kappa shape index (κ3) is 8.16. The van der Waals surface area contributed by atoms with E-state index in [-0.39, 0.29) is 30.0 Å². The number of unbranched alkanes of at least 4 members (excludes halogenated alkanes) is 3. The molecule has 1 aromatic rings. The predicted octanol–water partition coefficient (Wildman–Crippen LogP) is 14.3. The monoisotopic (exact) mass is 822 g/mol. The highest BCUT2D eigenvalue weighted by atomic mass is 19.4. The van der Waals surface area contributed by atoms with Crippen molar-refractivity contribution in [3.8, 4) is 0 Å². The molecular formula is C35H41F19. The molecule has 2 aliphatic carbocycles. The van der Waals surface area contributed by atoms with E-state index < -0.39 is 59.1 Å². The van der Waals surface area contributed by atoms with E-state index in [9.17, 15) is 83.4 Å². The summed E-state index contributed by atoms with van der Waals surface area (Å²) in [5.41, 5.74) is -2.10. The van der Waals surface area contributed by atoms with Crippen molar-refractivity contribution in [2.45, 2.75) is 157 Å². The van der Waals surface area contributed by atoms with Crippen LogP contribution < -0.4 is 0 Å². The van der Waals surface area contributed by atoms with Crippen LogP contribution in [-0.2, 0) is 12.3 Å². The maximum atomic E-state index is 14.7. The quantitative estimate of drug-likeness (QED) is 0.108. The van der Waals surface area contributed by atoms with Crippen LogP contribution in [0.4, 0.5) is 83.4 Å². The fraction of sp³-hybridized carbons (Fsp3) is 0.829. The molecule has 54 heavy (non-hydrogen) atoms. The van der Waals surface area contributed by atoms with Gasteiger partial charge in [0, 0.05) is 5.56 Å². The predicted molar refractivity (Wildman–Crippen MR) is 159 cm³/mol. The Morgan fingerprint density at radius 1 is 0.426 bits per heavy atom. The molecule has 0 amide bonds. The summed E-state index contributed by atoms with van der Waals surface area (Å²) in [7, 11) is 0. The van der Waals surface area contributed by atoms with Gasteiger partial charge in [0.15, 0.2) is 0 Å². The van der Waals surface area contributed by atoms with Crippen molar-refractivity contribution < 1.29 is 83.4 Å². The topological polar surface area (TPSA) is 0 Å². The minimum absolute atomic E-state index is 0.0132. The van der Waals surface area contributed by atoms with Gasteiger partial charge >= 0.3 is 53.6 Å². The van der Waals surface area contributed by atoms with Crippen molar-refractivity contribution >= 4 is 0 Å². The first-order valence-corrected chi connectivity index (χ1v) is 17.6. The largest absolute Gasteiger partial charge is 0.460 e. The SMILES string of the molecule is CCCCCC[C@H]1CC[C@H](C2CCC(CCc3ccc(C(F)(F)C(F)(F)C(F)(F)C(F)(F)C(F)(F)C(F)(F)C(F)(F)C(F)(F)C(F)(F)F)cc3)CC2)CC1. The maximum Gasteiger partial charge on any atom is 0.460 e. The molecule has 2 aliphatic rings. The molecule has 0 atom stereocenters. The molecule has 2 saturated carbocycles. The number of hydrogen-bond acceptors (Lipinski definition) is 0. The Labute approximate surface area is 299 Å². The number of benzene rings is 1. The number of rotatable bonds is 17. The van der Waals surface area contributed by atoms with Gasteiger partial charge in [-0.15, -0.1) is 0 Å². The average molecular weight is 823 g/mol. The second-order valence-electron chi connectivity index (χ2n) is 14.7. The van der Waals surface area contributed by atoms with E-state index in [0.717, 1.165) is 31.6 Å². The summed E-state index contributed by atoms with van der Waals surface area (Å²) >= 11 is 0. The van der Waals surface area contributed by atoms with Crippen molar-refractivity contribution in [3.63, 3.8) is 0 Å². The first-order valence-electron chi connectivity index (χ1n) is 17.6. The van der Waals surface area contributed by atoms with Gasteiger partial charge in [-0.3, -0.25) is 0 Å². The van der Waals surface area contributed by atoms with Crippen LogP contribution in [0.1, 0.15) is 108 Å². The molecule has 0 N–H and O–H groups in total. The van der Waals surface area contributed by atoms with Crippen LogP contribution in [0, 0.1) is 23.7 Å². The molecule has 0 aliphatic heterocycles. The number of hydrogen-bond donors (Lipinski definition) is 0. The molecule has 0 saturated heterocycles. The van der Waals surface area contributed by atoms with Crippen LogP contribution in [0.5, 0.6) is 0 Å². The molecule has 1 aromatic carbocycles. The maximum absolute atomic E-state index is 14.7. The molecular weight excluding hydrogens is 781 g/mol. The van der Waals surface area contributed by atoms with Gasteiger partial charge in [-0.05, 0) is 67.8 Å². The highest BCUT2D eigenvalue weighted by molar-refractivity contribution is 5.30. The lowest BCUT2D eigenvalue weighted by atomic mass is 9.68. The zero-order valence-corrected chi connectivity index (χ0v) is 28.9. The van der Waals surface area contributed by atoms with Gasteiger partial charge in [0.05, 0.1) is 0 Å². The summed E-state index contributed by atoms with van der Waals surface area (Å²) in [5, 5.41) is 0. The first kappa shape index (κ1) is 46.3. The van der Waals surface area contributed by atoms with E-state index in [1.807, 2.05) is 0 Å². The average Bonchev–Trinajstić information content (AvgIpc) is 3.08. The van der Waals surface area contributed by atoms with E-state index in [1.165, 1.54) is 57.8 Å². The van der Waals surface area contributed by atoms with Crippen molar-refractivity contribution in [3.05, 3.63) is 35.4 Å². The van der Waals surface area contributed by atoms with Crippen molar-refractivity contribution in [1.29, 1.82) is 0 Å². The van der Waals surface area contributed by atoms with Crippen LogP contribution in [-0.4, -0.2) is 47.6 Å². The smallest absolute Gasteiger partial charge is 0.194 e. The molecule has 0 unspecified atom stereocenters. The van der Waals surface area contributed by atoms with Crippen molar-refractivity contribution in [1.82, 2.24) is 0 Å². The first-order chi connectivity index (χ1) is 24.5. The van der Waals surface area contributed by atoms with Gasteiger partial charge in [0.25, 0.3) is 0 Å². The molecule has 19 heteroatoms. The molecule has 0 aromatic heterocycles. The summed E-state index contributed by atoms with van der Waals surface area (Å²) in [4.78, 5) is 0. The highest BCUT2D eigenvalue weighted by Gasteiger charge is 2.96. The third-order valence-electron chi connectivity index (χ3n) is 11.2. The second-order valence-corrected chi connectivity index (χ2v) is 14.7. The standard InChI is InChI=1S/C35H41F19/c1-2-3-4-5-6-21-9-15-24(16-10-21)25-17-11-22(12-18-25)7-8-23-13-19-26(20-14-23)27(36,37)28(38,39)29(40,41)30(42,43)31(44,45)32(46,47)33(48,49)34(50,51)35(52,53)54/h13-14,19-22,24-25H,2-12,15-18H2,1H3/t21-,22?,24-,25?. The number of halogens is 19. The zero-order chi connectivity index (χ0) is 41.4. The summed E-state index contributed by atoms with van der Waals surface area (Å²) in [5.74, 6) is -64.5. The van der Waals surface area contributed by atoms with Crippen LogP contribution in [0.3, 0.4) is 0 Å². The lowest BCUT2D eigenvalue weighted by Gasteiger charge is -2.43. The van der Waals surface area contributed by atoms with Gasteiger partial charge in [-0.2, -0.15) is 83.4 Å². The van der Waals surface area contributed by atoms with Crippen LogP contribution in [0.2, 0.25) is 0 Å². The van der Waals surface area contributed by atoms with Gasteiger partial charge in [-0.25, -0.2) is 0 Å². The van der Waals surface area contributed by atoms with Gasteiger partial charge in [0.1, 0.15) is 0 Å². The summed E-state index contributed by atoms with van der Waals surface area (Å²) < 4.78 is 260. The molecule has 314 valence electrons. The third-order valence-corrected chi connectivity index (χ3v) is 11.2. The Kier molecular flexibility index (Phi) is 13.7. The molecule has 3 rings (SSSR count). The normalized spacial score (nSPS) is 23.5. The fourth-order valence-electron chi connectivity index (χ4n) is 7.55. The van der Waals surface area contributed by atoms with Gasteiger partial charge < -0.3 is 0 Å². The lowest BCUT2D eigenvalue weighted by molar-refractivity contribution is -0.469. The van der Waals surface area contributed by atoms with Crippen LogP contribution in [0.15, 0.2) is 24.3 Å². The van der Waals surface area contributed by atoms with E-state index in [1.54, 1.807) is 0 Å². The van der Waals surface area contributed by atoms with Crippen LogP contribution >= 0.6 is 0 Å². The van der Waals surface area contributed by atoms with E-state index >= 15 is 0 Å². The molecule has 0 bridgehead atoms. The van der Waals surface area contributed by atoms with E-state index in [4.69, 9.17) is 0 Å². The summed E-state index contributed by atoms with van der Waals surface area (Å²) in [6.07, 6.45) is 7.21. The zero-order valence-electron chi connectivity index (χ0n) is 28.9. The Balaban J connectivity index is 1.65. The van der Waals surface area contributed by atoms with Crippen molar-refractivity contribution in [2.24, 2.45) is 23.7 Å². The molecule has 0 heterocycles. The Hall–Kier alpha value is -2.11. The minimum atomic E-state index is -8.92. The Bertz CT molecular complexity index is 1330. The van der Waals surface area contributed by atoms with Gasteiger partial charge in [0.2, 0.25) is 0 Å². The number of alkyl halides is 19. The molecule has 2 fully saturated rings. The molecule has 0 radical (unpaired) electrons. The second kappa shape index (κ2) is 16.0. The lowest BCUT2D eigenvalue weighted by Crippen LogP contribution is -2.75. The Morgan fingerprint density at radius 3 is 1.19 bits per heavy atom. The fourth-order valence-corrected chi connectivity index (χ4v) is 7.55. The minimum Gasteiger partial charge on any atom is -0.194 e. The summed E-state index contributed by atoms with van der Waals surface area (Å²) in [6.45, 7) is 2.16. The Morgan fingerprint density at radius 2 is 0.796 bits per heavy atom. The van der Waals surface area contributed by atoms with E-state index in [2.05, 4.69) is 6.92 Å². The van der Waals surface area contributed by atoms with Crippen molar-refractivity contribution in [2.75, 3.05) is 0 Å². The number of aryl methyl sites for hydroxylation is 1. The van der Waals surface area contributed by atoms with Gasteiger partial charge in [-0.1, -0.05) is 89.0 Å². The molecule has 0 spiro atoms. The molecule has 0 nitrogen and oxygen atoms in total. The van der Waals surface area contributed by atoms with Crippen LogP contribution in [0.25, 0.3) is 0 Å². The van der Waals surface area contributed by atoms with E-state index in [0.29, 0.717) is 30.4 Å². The summed E-state index contributed by atoms with van der Waals surface area (Å²) in [6, 6.07) is 1.40. The highest BCUT2D eigenvalue weighted by Crippen LogP contribution is 2.66.